The molecule has 1 heterocycles. The second kappa shape index (κ2) is 8.68. The van der Waals surface area contributed by atoms with E-state index in [0.717, 1.165) is 39.0 Å². The number of thiazole rings is 1. The summed E-state index contributed by atoms with van der Waals surface area (Å²) in [5, 5.41) is 7.01. The van der Waals surface area contributed by atoms with Gasteiger partial charge in [-0.15, -0.1) is 11.3 Å². The number of nitrogens with one attached hydrogen (secondary N) is 1. The first-order chi connectivity index (χ1) is 13.0. The van der Waals surface area contributed by atoms with E-state index in [1.165, 1.54) is 16.9 Å². The highest BCUT2D eigenvalue weighted by molar-refractivity contribution is 7.13. The molecule has 3 rings (SSSR count). The predicted octanol–water partition coefficient (Wildman–Crippen LogP) is 5.10. The van der Waals surface area contributed by atoms with E-state index < -0.39 is 0 Å². The normalized spacial score (nSPS) is 11.0. The molecule has 0 aliphatic heterocycles. The topological polar surface area (TPSA) is 55.7 Å². The van der Waals surface area contributed by atoms with Gasteiger partial charge in [-0.2, -0.15) is 5.10 Å². The summed E-state index contributed by atoms with van der Waals surface area (Å²) in [7, 11) is 1.66. The highest BCUT2D eigenvalue weighted by Crippen LogP contribution is 2.24. The number of rotatable bonds is 7. The van der Waals surface area contributed by atoms with Gasteiger partial charge in [0.2, 0.25) is 5.13 Å². The summed E-state index contributed by atoms with van der Waals surface area (Å²) in [5.41, 5.74) is 8.13. The summed E-state index contributed by atoms with van der Waals surface area (Å²) in [4.78, 5) is 4.32. The van der Waals surface area contributed by atoms with Crippen LogP contribution < -0.4 is 14.9 Å². The lowest BCUT2D eigenvalue weighted by Crippen LogP contribution is -2.01. The zero-order valence-corrected chi connectivity index (χ0v) is 16.8. The maximum atomic E-state index is 6.03. The van der Waals surface area contributed by atoms with Gasteiger partial charge in [0.25, 0.3) is 0 Å². The molecule has 0 atom stereocenters. The number of hydrogen-bond donors (Lipinski definition) is 1. The molecular weight excluding hydrogens is 358 g/mol. The third kappa shape index (κ3) is 5.08. The smallest absolute Gasteiger partial charge is 0.203 e. The van der Waals surface area contributed by atoms with Crippen molar-refractivity contribution in [2.24, 2.45) is 5.10 Å². The van der Waals surface area contributed by atoms with Crippen LogP contribution >= 0.6 is 11.3 Å². The van der Waals surface area contributed by atoms with Crippen molar-refractivity contribution in [1.29, 1.82) is 0 Å². The number of aryl methyl sites for hydroxylation is 3. The first-order valence-electron chi connectivity index (χ1n) is 8.63. The predicted molar refractivity (Wildman–Crippen MR) is 111 cm³/mol. The molecule has 1 N–H and O–H groups in total. The zero-order valence-electron chi connectivity index (χ0n) is 15.9. The second-order valence-corrected chi connectivity index (χ2v) is 7.15. The lowest BCUT2D eigenvalue weighted by molar-refractivity contribution is 0.294. The van der Waals surface area contributed by atoms with Crippen molar-refractivity contribution in [1.82, 2.24) is 4.98 Å². The molecule has 0 unspecified atom stereocenters. The van der Waals surface area contributed by atoms with E-state index in [0.29, 0.717) is 6.61 Å². The molecule has 0 saturated heterocycles. The lowest BCUT2D eigenvalue weighted by atomic mass is 10.1. The van der Waals surface area contributed by atoms with Crippen molar-refractivity contribution in [3.63, 3.8) is 0 Å². The van der Waals surface area contributed by atoms with Crippen LogP contribution in [0, 0.1) is 20.8 Å². The van der Waals surface area contributed by atoms with Crippen molar-refractivity contribution in [3.8, 4) is 11.5 Å². The van der Waals surface area contributed by atoms with Crippen molar-refractivity contribution < 1.29 is 9.47 Å². The van der Waals surface area contributed by atoms with E-state index >= 15 is 0 Å². The monoisotopic (exact) mass is 381 g/mol. The highest BCUT2D eigenvalue weighted by Gasteiger charge is 2.07. The maximum absolute atomic E-state index is 6.03. The van der Waals surface area contributed by atoms with Crippen LogP contribution in [-0.2, 0) is 6.61 Å². The Morgan fingerprint density at radius 2 is 1.96 bits per heavy atom. The van der Waals surface area contributed by atoms with Gasteiger partial charge in [-0.1, -0.05) is 12.1 Å². The number of methoxy groups -OCH3 is 1. The fourth-order valence-corrected chi connectivity index (χ4v) is 3.21. The molecule has 1 aromatic heterocycles. The molecule has 0 spiro atoms. The fourth-order valence-electron chi connectivity index (χ4n) is 2.58. The number of hydrogen-bond acceptors (Lipinski definition) is 6. The van der Waals surface area contributed by atoms with Crippen molar-refractivity contribution in [3.05, 3.63) is 69.7 Å². The number of anilines is 1. The Morgan fingerprint density at radius 3 is 2.70 bits per heavy atom. The summed E-state index contributed by atoms with van der Waals surface area (Å²) in [6.07, 6.45) is 1.76. The number of aromatic nitrogens is 1. The molecule has 3 aromatic rings. The summed E-state index contributed by atoms with van der Waals surface area (Å²) < 4.78 is 11.5. The van der Waals surface area contributed by atoms with E-state index in [-0.39, 0.29) is 0 Å². The fraction of sp³-hybridized carbons (Fsp3) is 0.238. The van der Waals surface area contributed by atoms with Gasteiger partial charge in [-0.3, -0.25) is 5.43 Å². The molecule has 140 valence electrons. The Kier molecular flexibility index (Phi) is 6.08. The van der Waals surface area contributed by atoms with Gasteiger partial charge >= 0.3 is 0 Å². The summed E-state index contributed by atoms with van der Waals surface area (Å²) in [6.45, 7) is 6.48. The third-order valence-electron chi connectivity index (χ3n) is 4.02. The number of nitrogens with zero attached hydrogens (tertiary/aromatic N) is 2. The van der Waals surface area contributed by atoms with E-state index in [1.54, 1.807) is 13.3 Å². The molecule has 27 heavy (non-hydrogen) atoms. The van der Waals surface area contributed by atoms with Crippen LogP contribution in [0.5, 0.6) is 11.5 Å². The Hall–Kier alpha value is -2.86. The minimum atomic E-state index is 0.425. The van der Waals surface area contributed by atoms with Crippen LogP contribution in [0.4, 0.5) is 5.13 Å². The summed E-state index contributed by atoms with van der Waals surface area (Å²) >= 11 is 1.53. The van der Waals surface area contributed by atoms with Crippen LogP contribution in [-0.4, -0.2) is 18.3 Å². The quantitative estimate of drug-likeness (QED) is 0.457. The molecule has 0 radical (unpaired) electrons. The van der Waals surface area contributed by atoms with Gasteiger partial charge in [0.05, 0.1) is 19.0 Å². The van der Waals surface area contributed by atoms with Gasteiger partial charge in [0.1, 0.15) is 18.1 Å². The average molecular weight is 382 g/mol. The summed E-state index contributed by atoms with van der Waals surface area (Å²) in [5.74, 6) is 1.68. The Bertz CT molecular complexity index is 950. The molecule has 0 aliphatic rings. The Balaban J connectivity index is 1.72. The minimum absolute atomic E-state index is 0.425. The standard InChI is InChI=1S/C21H23N3O2S/c1-14-5-6-15(2)20(9-14)26-12-18-10-17(7-8-19(18)25-4)11-22-24-21-23-16(3)13-27-21/h5-11,13H,12H2,1-4H3,(H,23,24). The van der Waals surface area contributed by atoms with Gasteiger partial charge < -0.3 is 9.47 Å². The van der Waals surface area contributed by atoms with Crippen LogP contribution in [0.3, 0.4) is 0 Å². The molecule has 0 aliphatic carbocycles. The lowest BCUT2D eigenvalue weighted by Gasteiger charge is -2.13. The molecular formula is C21H23N3O2S. The van der Waals surface area contributed by atoms with E-state index in [4.69, 9.17) is 9.47 Å². The van der Waals surface area contributed by atoms with E-state index in [2.05, 4.69) is 34.6 Å². The SMILES string of the molecule is COc1ccc(C=NNc2nc(C)cs2)cc1COc1cc(C)ccc1C. The zero-order chi connectivity index (χ0) is 19.2. The Morgan fingerprint density at radius 1 is 1.11 bits per heavy atom. The first kappa shape index (κ1) is 18.9. The highest BCUT2D eigenvalue weighted by atomic mass is 32.1. The first-order valence-corrected chi connectivity index (χ1v) is 9.51. The number of hydrazone groups is 1. The minimum Gasteiger partial charge on any atom is -0.496 e. The van der Waals surface area contributed by atoms with E-state index in [1.807, 2.05) is 43.5 Å². The molecule has 6 heteroatoms. The van der Waals surface area contributed by atoms with Crippen LogP contribution in [0.2, 0.25) is 0 Å². The molecule has 0 bridgehead atoms. The van der Waals surface area contributed by atoms with Crippen LogP contribution in [0.15, 0.2) is 46.9 Å². The molecule has 0 fully saturated rings. The number of benzene rings is 2. The van der Waals surface area contributed by atoms with Gasteiger partial charge in [0, 0.05) is 10.9 Å². The summed E-state index contributed by atoms with van der Waals surface area (Å²) in [6, 6.07) is 12.1. The van der Waals surface area contributed by atoms with Crippen molar-refractivity contribution >= 4 is 22.7 Å². The molecule has 2 aromatic carbocycles. The van der Waals surface area contributed by atoms with Crippen LogP contribution in [0.25, 0.3) is 0 Å². The average Bonchev–Trinajstić information content (AvgIpc) is 3.08. The second-order valence-electron chi connectivity index (χ2n) is 6.29. The van der Waals surface area contributed by atoms with Gasteiger partial charge in [0.15, 0.2) is 0 Å². The largest absolute Gasteiger partial charge is 0.496 e. The number of ether oxygens (including phenoxy) is 2. The van der Waals surface area contributed by atoms with Crippen molar-refractivity contribution in [2.75, 3.05) is 12.5 Å². The van der Waals surface area contributed by atoms with Crippen molar-refractivity contribution in [2.45, 2.75) is 27.4 Å². The molecule has 0 saturated carbocycles. The molecule has 5 nitrogen and oxygen atoms in total. The maximum Gasteiger partial charge on any atom is 0.203 e. The Labute approximate surface area is 163 Å². The van der Waals surface area contributed by atoms with E-state index in [9.17, 15) is 0 Å². The van der Waals surface area contributed by atoms with Gasteiger partial charge in [-0.25, -0.2) is 4.98 Å². The van der Waals surface area contributed by atoms with Crippen LogP contribution in [0.1, 0.15) is 27.9 Å². The van der Waals surface area contributed by atoms with Gasteiger partial charge in [-0.05, 0) is 61.7 Å². The third-order valence-corrected chi connectivity index (χ3v) is 4.89. The molecule has 0 amide bonds.